The third-order valence-corrected chi connectivity index (χ3v) is 2.98. The summed E-state index contributed by atoms with van der Waals surface area (Å²) in [6.45, 7) is 1.04. The molecule has 1 heterocycles. The third-order valence-electron chi connectivity index (χ3n) is 2.74. The predicted molar refractivity (Wildman–Crippen MR) is 61.4 cm³/mol. The monoisotopic (exact) mass is 223 g/mol. The van der Waals surface area contributed by atoms with Gasteiger partial charge in [0.15, 0.2) is 5.78 Å². The third kappa shape index (κ3) is 2.80. The van der Waals surface area contributed by atoms with E-state index >= 15 is 0 Å². The average Bonchev–Trinajstić information content (AvgIpc) is 2.70. The highest BCUT2D eigenvalue weighted by Crippen LogP contribution is 2.16. The zero-order valence-electron chi connectivity index (χ0n) is 8.50. The van der Waals surface area contributed by atoms with Crippen molar-refractivity contribution in [2.75, 3.05) is 6.54 Å². The number of carbonyl (C=O) groups excluding carboxylic acids is 1. The van der Waals surface area contributed by atoms with E-state index in [0.29, 0.717) is 17.5 Å². The normalized spacial score (nSPS) is 20.5. The summed E-state index contributed by atoms with van der Waals surface area (Å²) in [5.74, 6) is 0.178. The Morgan fingerprint density at radius 3 is 3.07 bits per heavy atom. The molecule has 15 heavy (non-hydrogen) atoms. The number of halogens is 1. The van der Waals surface area contributed by atoms with E-state index in [0.717, 1.165) is 18.5 Å². The van der Waals surface area contributed by atoms with Crippen LogP contribution >= 0.6 is 11.6 Å². The van der Waals surface area contributed by atoms with Crippen molar-refractivity contribution in [3.8, 4) is 0 Å². The SMILES string of the molecule is O=C(CC1CCCN1)c1cccc(Cl)c1. The molecular weight excluding hydrogens is 210 g/mol. The minimum absolute atomic E-state index is 0.178. The van der Waals surface area contributed by atoms with Gasteiger partial charge in [0, 0.05) is 23.0 Å². The molecule has 2 nitrogen and oxygen atoms in total. The van der Waals surface area contributed by atoms with E-state index in [1.54, 1.807) is 12.1 Å². The summed E-state index contributed by atoms with van der Waals surface area (Å²) >= 11 is 5.84. The van der Waals surface area contributed by atoms with Crippen molar-refractivity contribution in [2.24, 2.45) is 0 Å². The Bertz CT molecular complexity index is 358. The van der Waals surface area contributed by atoms with E-state index in [1.807, 2.05) is 12.1 Å². The molecule has 1 aromatic carbocycles. The van der Waals surface area contributed by atoms with Gasteiger partial charge in [-0.1, -0.05) is 23.7 Å². The first-order valence-corrected chi connectivity index (χ1v) is 5.65. The van der Waals surface area contributed by atoms with Gasteiger partial charge in [-0.05, 0) is 31.5 Å². The molecule has 0 amide bonds. The van der Waals surface area contributed by atoms with Crippen molar-refractivity contribution < 1.29 is 4.79 Å². The molecule has 1 saturated heterocycles. The molecule has 3 heteroatoms. The first kappa shape index (κ1) is 10.7. The van der Waals surface area contributed by atoms with Crippen LogP contribution in [0.2, 0.25) is 5.02 Å². The van der Waals surface area contributed by atoms with Gasteiger partial charge in [0.2, 0.25) is 0 Å². The molecule has 1 aliphatic heterocycles. The largest absolute Gasteiger partial charge is 0.314 e. The molecule has 0 saturated carbocycles. The van der Waals surface area contributed by atoms with Crippen LogP contribution in [0.4, 0.5) is 0 Å². The second-order valence-corrected chi connectivity index (χ2v) is 4.37. The molecule has 1 aliphatic rings. The molecule has 0 spiro atoms. The van der Waals surface area contributed by atoms with Crippen LogP contribution < -0.4 is 5.32 Å². The van der Waals surface area contributed by atoms with Crippen LogP contribution in [0.1, 0.15) is 29.6 Å². The van der Waals surface area contributed by atoms with Gasteiger partial charge >= 0.3 is 0 Å². The van der Waals surface area contributed by atoms with E-state index in [2.05, 4.69) is 5.32 Å². The second-order valence-electron chi connectivity index (χ2n) is 3.93. The van der Waals surface area contributed by atoms with E-state index in [4.69, 9.17) is 11.6 Å². The lowest BCUT2D eigenvalue weighted by atomic mass is 10.0. The molecule has 1 N–H and O–H groups in total. The number of carbonyl (C=O) groups is 1. The minimum Gasteiger partial charge on any atom is -0.314 e. The van der Waals surface area contributed by atoms with Crippen molar-refractivity contribution in [2.45, 2.75) is 25.3 Å². The Morgan fingerprint density at radius 2 is 2.40 bits per heavy atom. The van der Waals surface area contributed by atoms with E-state index in [1.165, 1.54) is 6.42 Å². The fraction of sp³-hybridized carbons (Fsp3) is 0.417. The Morgan fingerprint density at radius 1 is 1.53 bits per heavy atom. The van der Waals surface area contributed by atoms with Crippen LogP contribution in [0, 0.1) is 0 Å². The average molecular weight is 224 g/mol. The van der Waals surface area contributed by atoms with E-state index < -0.39 is 0 Å². The Hall–Kier alpha value is -0.860. The maximum Gasteiger partial charge on any atom is 0.164 e. The van der Waals surface area contributed by atoms with Crippen LogP contribution in [-0.4, -0.2) is 18.4 Å². The molecule has 0 aromatic heterocycles. The fourth-order valence-corrected chi connectivity index (χ4v) is 2.12. The van der Waals surface area contributed by atoms with E-state index in [-0.39, 0.29) is 5.78 Å². The number of hydrogen-bond donors (Lipinski definition) is 1. The lowest BCUT2D eigenvalue weighted by Crippen LogP contribution is -2.24. The van der Waals surface area contributed by atoms with Gasteiger partial charge in [0.05, 0.1) is 0 Å². The summed E-state index contributed by atoms with van der Waals surface area (Å²) in [7, 11) is 0. The topological polar surface area (TPSA) is 29.1 Å². The van der Waals surface area contributed by atoms with Crippen LogP contribution in [0.15, 0.2) is 24.3 Å². The quantitative estimate of drug-likeness (QED) is 0.799. The Kier molecular flexibility index (Phi) is 3.39. The maximum absolute atomic E-state index is 11.9. The highest BCUT2D eigenvalue weighted by molar-refractivity contribution is 6.31. The number of rotatable bonds is 3. The summed E-state index contributed by atoms with van der Waals surface area (Å²) in [5, 5.41) is 3.94. The lowest BCUT2D eigenvalue weighted by molar-refractivity contribution is 0.0971. The van der Waals surface area contributed by atoms with Gasteiger partial charge in [-0.15, -0.1) is 0 Å². The molecule has 0 bridgehead atoms. The lowest BCUT2D eigenvalue weighted by Gasteiger charge is -2.08. The minimum atomic E-state index is 0.178. The Balaban J connectivity index is 2.01. The number of ketones is 1. The van der Waals surface area contributed by atoms with Crippen molar-refractivity contribution >= 4 is 17.4 Å². The molecule has 2 rings (SSSR count). The van der Waals surface area contributed by atoms with Gasteiger partial charge in [0.25, 0.3) is 0 Å². The second kappa shape index (κ2) is 4.77. The first-order valence-electron chi connectivity index (χ1n) is 5.28. The van der Waals surface area contributed by atoms with Crippen molar-refractivity contribution in [1.29, 1.82) is 0 Å². The summed E-state index contributed by atoms with van der Waals surface area (Å²) in [6, 6.07) is 7.52. The van der Waals surface area contributed by atoms with Crippen molar-refractivity contribution in [3.63, 3.8) is 0 Å². The van der Waals surface area contributed by atoms with Crippen LogP contribution in [0.3, 0.4) is 0 Å². The predicted octanol–water partition coefficient (Wildman–Crippen LogP) is 2.66. The molecule has 1 fully saturated rings. The smallest absolute Gasteiger partial charge is 0.164 e. The first-order chi connectivity index (χ1) is 7.25. The molecule has 1 atom stereocenters. The molecule has 0 aliphatic carbocycles. The number of Topliss-reactive ketones (excluding diaryl/α,β-unsaturated/α-hetero) is 1. The van der Waals surface area contributed by atoms with Gasteiger partial charge in [-0.25, -0.2) is 0 Å². The van der Waals surface area contributed by atoms with Crippen LogP contribution in [0.25, 0.3) is 0 Å². The molecule has 1 unspecified atom stereocenters. The number of benzene rings is 1. The zero-order chi connectivity index (χ0) is 10.7. The van der Waals surface area contributed by atoms with Crippen molar-refractivity contribution in [3.05, 3.63) is 34.9 Å². The zero-order valence-corrected chi connectivity index (χ0v) is 9.26. The number of hydrogen-bond acceptors (Lipinski definition) is 2. The molecule has 1 aromatic rings. The summed E-state index contributed by atoms with van der Waals surface area (Å²) in [4.78, 5) is 11.9. The summed E-state index contributed by atoms with van der Waals surface area (Å²) < 4.78 is 0. The summed E-state index contributed by atoms with van der Waals surface area (Å²) in [5.41, 5.74) is 0.719. The van der Waals surface area contributed by atoms with Gasteiger partial charge in [-0.3, -0.25) is 4.79 Å². The van der Waals surface area contributed by atoms with Gasteiger partial charge in [0.1, 0.15) is 0 Å². The van der Waals surface area contributed by atoms with Crippen molar-refractivity contribution in [1.82, 2.24) is 5.32 Å². The van der Waals surface area contributed by atoms with Crippen LogP contribution in [-0.2, 0) is 0 Å². The van der Waals surface area contributed by atoms with E-state index in [9.17, 15) is 4.79 Å². The molecule has 80 valence electrons. The standard InChI is InChI=1S/C12H14ClNO/c13-10-4-1-3-9(7-10)12(15)8-11-5-2-6-14-11/h1,3-4,7,11,14H,2,5-6,8H2. The molecular formula is C12H14ClNO. The fourth-order valence-electron chi connectivity index (χ4n) is 1.93. The molecule has 0 radical (unpaired) electrons. The highest BCUT2D eigenvalue weighted by Gasteiger charge is 2.18. The highest BCUT2D eigenvalue weighted by atomic mass is 35.5. The van der Waals surface area contributed by atoms with Crippen LogP contribution in [0.5, 0.6) is 0 Å². The maximum atomic E-state index is 11.9. The number of nitrogens with one attached hydrogen (secondary N) is 1. The Labute approximate surface area is 94.6 Å². The van der Waals surface area contributed by atoms with Gasteiger partial charge < -0.3 is 5.32 Å². The summed E-state index contributed by atoms with van der Waals surface area (Å²) in [6.07, 6.45) is 2.86. The van der Waals surface area contributed by atoms with Gasteiger partial charge in [-0.2, -0.15) is 0 Å².